The van der Waals surface area contributed by atoms with Crippen LogP contribution in [0.2, 0.25) is 0 Å². The van der Waals surface area contributed by atoms with Crippen LogP contribution in [0.15, 0.2) is 35.1 Å². The van der Waals surface area contributed by atoms with E-state index in [1.54, 1.807) is 19.4 Å². The lowest BCUT2D eigenvalue weighted by molar-refractivity contribution is 0.0988. The number of halogens is 1. The van der Waals surface area contributed by atoms with Gasteiger partial charge in [-0.3, -0.25) is 4.79 Å². The molecule has 0 saturated heterocycles. The Hall–Kier alpha value is -1.62. The average molecular weight is 337 g/mol. The summed E-state index contributed by atoms with van der Waals surface area (Å²) < 4.78 is 7.96. The van der Waals surface area contributed by atoms with E-state index in [2.05, 4.69) is 27.8 Å². The van der Waals surface area contributed by atoms with Crippen molar-refractivity contribution in [3.63, 3.8) is 0 Å². The predicted octanol–water partition coefficient (Wildman–Crippen LogP) is 3.49. The van der Waals surface area contributed by atoms with Crippen molar-refractivity contribution in [1.29, 1.82) is 0 Å². The number of benzene rings is 1. The van der Waals surface area contributed by atoms with E-state index in [0.29, 0.717) is 17.7 Å². The fourth-order valence-corrected chi connectivity index (χ4v) is 2.50. The fraction of sp³-hybridized carbons (Fsp3) is 0.333. The fourth-order valence-electron chi connectivity index (χ4n) is 2.04. The van der Waals surface area contributed by atoms with Crippen LogP contribution in [0.4, 0.5) is 0 Å². The first kappa shape index (κ1) is 14.8. The Kier molecular flexibility index (Phi) is 4.95. The number of ether oxygens (including phenoxy) is 1. The van der Waals surface area contributed by atoms with Crippen LogP contribution < -0.4 is 4.74 Å². The van der Waals surface area contributed by atoms with Gasteiger partial charge in [-0.15, -0.1) is 0 Å². The van der Waals surface area contributed by atoms with Crippen molar-refractivity contribution in [3.05, 3.63) is 46.5 Å². The quantitative estimate of drug-likeness (QED) is 0.758. The number of methoxy groups -OCH3 is 1. The Balaban J connectivity index is 2.21. The molecule has 0 amide bonds. The monoisotopic (exact) mass is 336 g/mol. The van der Waals surface area contributed by atoms with E-state index in [4.69, 9.17) is 4.74 Å². The van der Waals surface area contributed by atoms with Crippen molar-refractivity contribution in [3.8, 4) is 5.75 Å². The van der Waals surface area contributed by atoms with Crippen molar-refractivity contribution in [1.82, 2.24) is 9.55 Å². The largest absolute Gasteiger partial charge is 0.497 e. The smallest absolute Gasteiger partial charge is 0.171 e. The highest BCUT2D eigenvalue weighted by Gasteiger charge is 2.15. The molecular weight excluding hydrogens is 320 g/mol. The minimum absolute atomic E-state index is 0.0272. The Morgan fingerprint density at radius 2 is 2.25 bits per heavy atom. The summed E-state index contributed by atoms with van der Waals surface area (Å²) in [6, 6.07) is 5.39. The van der Waals surface area contributed by atoms with Crippen LogP contribution in [0.1, 0.15) is 29.5 Å². The van der Waals surface area contributed by atoms with E-state index >= 15 is 0 Å². The first-order valence-electron chi connectivity index (χ1n) is 6.52. The third-order valence-corrected chi connectivity index (χ3v) is 3.75. The maximum atomic E-state index is 12.4. The van der Waals surface area contributed by atoms with Crippen LogP contribution in [-0.2, 0) is 13.0 Å². The van der Waals surface area contributed by atoms with Gasteiger partial charge in [0.25, 0.3) is 0 Å². The summed E-state index contributed by atoms with van der Waals surface area (Å²) in [5.74, 6) is 1.50. The van der Waals surface area contributed by atoms with Gasteiger partial charge in [-0.05, 0) is 24.6 Å². The molecule has 0 atom stereocenters. The summed E-state index contributed by atoms with van der Waals surface area (Å²) in [5.41, 5.74) is 0.621. The van der Waals surface area contributed by atoms with Crippen LogP contribution in [0.5, 0.6) is 5.75 Å². The first-order valence-corrected chi connectivity index (χ1v) is 7.31. The summed E-state index contributed by atoms with van der Waals surface area (Å²) in [6.45, 7) is 2.98. The minimum Gasteiger partial charge on any atom is -0.497 e. The summed E-state index contributed by atoms with van der Waals surface area (Å²) in [6.07, 6.45) is 4.95. The topological polar surface area (TPSA) is 44.1 Å². The number of imidazole rings is 1. The second kappa shape index (κ2) is 6.70. The molecule has 2 rings (SSSR count). The lowest BCUT2D eigenvalue weighted by Crippen LogP contribution is -2.11. The highest BCUT2D eigenvalue weighted by Crippen LogP contribution is 2.23. The standard InChI is InChI=1S/C15H17BrN2O2/c1-3-7-18-8-6-17-15(18)10-14(19)12-9-11(20-2)4-5-13(12)16/h4-6,8-9H,3,7,10H2,1-2H3. The van der Waals surface area contributed by atoms with E-state index in [1.807, 2.05) is 22.9 Å². The molecule has 0 unspecified atom stereocenters. The summed E-state index contributed by atoms with van der Waals surface area (Å²) in [7, 11) is 1.59. The number of carbonyl (C=O) groups is 1. The molecule has 0 fully saturated rings. The zero-order valence-corrected chi connectivity index (χ0v) is 13.2. The van der Waals surface area contributed by atoms with Gasteiger partial charge in [-0.2, -0.15) is 0 Å². The lowest BCUT2D eigenvalue weighted by Gasteiger charge is -2.08. The van der Waals surface area contributed by atoms with Crippen molar-refractivity contribution in [2.24, 2.45) is 0 Å². The van der Waals surface area contributed by atoms with Gasteiger partial charge in [0, 0.05) is 29.0 Å². The van der Waals surface area contributed by atoms with Crippen LogP contribution in [0.3, 0.4) is 0 Å². The molecule has 0 spiro atoms. The van der Waals surface area contributed by atoms with E-state index in [0.717, 1.165) is 23.3 Å². The summed E-state index contributed by atoms with van der Waals surface area (Å²) >= 11 is 3.41. The average Bonchev–Trinajstić information content (AvgIpc) is 2.87. The number of aryl methyl sites for hydroxylation is 1. The zero-order chi connectivity index (χ0) is 14.5. The van der Waals surface area contributed by atoms with Crippen LogP contribution in [0, 0.1) is 0 Å². The van der Waals surface area contributed by atoms with Gasteiger partial charge in [0.15, 0.2) is 5.78 Å². The van der Waals surface area contributed by atoms with Gasteiger partial charge < -0.3 is 9.30 Å². The Morgan fingerprint density at radius 1 is 1.45 bits per heavy atom. The number of carbonyl (C=O) groups excluding carboxylic acids is 1. The molecule has 0 aliphatic heterocycles. The molecule has 106 valence electrons. The van der Waals surface area contributed by atoms with Gasteiger partial charge in [-0.25, -0.2) is 4.98 Å². The Morgan fingerprint density at radius 3 is 2.95 bits per heavy atom. The number of hydrogen-bond donors (Lipinski definition) is 0. The molecule has 1 aromatic carbocycles. The normalized spacial score (nSPS) is 10.6. The van der Waals surface area contributed by atoms with Gasteiger partial charge in [-0.1, -0.05) is 22.9 Å². The second-order valence-electron chi connectivity index (χ2n) is 4.48. The molecule has 0 aliphatic rings. The van der Waals surface area contributed by atoms with Gasteiger partial charge in [0.1, 0.15) is 11.6 Å². The van der Waals surface area contributed by atoms with Crippen molar-refractivity contribution in [2.45, 2.75) is 26.3 Å². The van der Waals surface area contributed by atoms with Crippen molar-refractivity contribution >= 4 is 21.7 Å². The van der Waals surface area contributed by atoms with Gasteiger partial charge in [0.2, 0.25) is 0 Å². The van der Waals surface area contributed by atoms with Crippen LogP contribution >= 0.6 is 15.9 Å². The molecule has 1 aromatic heterocycles. The first-order chi connectivity index (χ1) is 9.65. The molecule has 20 heavy (non-hydrogen) atoms. The maximum Gasteiger partial charge on any atom is 0.171 e. The third-order valence-electron chi connectivity index (χ3n) is 3.06. The summed E-state index contributed by atoms with van der Waals surface area (Å²) in [5, 5.41) is 0. The van der Waals surface area contributed by atoms with Crippen molar-refractivity contribution < 1.29 is 9.53 Å². The number of nitrogens with zero attached hydrogens (tertiary/aromatic N) is 2. The molecule has 0 radical (unpaired) electrons. The third kappa shape index (κ3) is 3.28. The van der Waals surface area contributed by atoms with Crippen molar-refractivity contribution in [2.75, 3.05) is 7.11 Å². The van der Waals surface area contributed by atoms with E-state index in [-0.39, 0.29) is 5.78 Å². The lowest BCUT2D eigenvalue weighted by atomic mass is 10.1. The molecule has 4 nitrogen and oxygen atoms in total. The van der Waals surface area contributed by atoms with E-state index in [1.165, 1.54) is 0 Å². The molecule has 5 heteroatoms. The SMILES string of the molecule is CCCn1ccnc1CC(=O)c1cc(OC)ccc1Br. The number of aromatic nitrogens is 2. The number of hydrogen-bond acceptors (Lipinski definition) is 3. The second-order valence-corrected chi connectivity index (χ2v) is 5.34. The van der Waals surface area contributed by atoms with E-state index in [9.17, 15) is 4.79 Å². The highest BCUT2D eigenvalue weighted by molar-refractivity contribution is 9.10. The van der Waals surface area contributed by atoms with Crippen LogP contribution in [-0.4, -0.2) is 22.4 Å². The van der Waals surface area contributed by atoms with Crippen LogP contribution in [0.25, 0.3) is 0 Å². The number of rotatable bonds is 6. The molecule has 1 heterocycles. The zero-order valence-electron chi connectivity index (χ0n) is 11.6. The Labute approximate surface area is 126 Å². The summed E-state index contributed by atoms with van der Waals surface area (Å²) in [4.78, 5) is 16.7. The predicted molar refractivity (Wildman–Crippen MR) is 81.2 cm³/mol. The van der Waals surface area contributed by atoms with Gasteiger partial charge >= 0.3 is 0 Å². The highest BCUT2D eigenvalue weighted by atomic mass is 79.9. The Bertz CT molecular complexity index is 608. The number of Topliss-reactive ketones (excluding diaryl/α,β-unsaturated/α-hetero) is 1. The number of ketones is 1. The minimum atomic E-state index is 0.0272. The molecule has 0 bridgehead atoms. The van der Waals surface area contributed by atoms with E-state index < -0.39 is 0 Å². The molecular formula is C15H17BrN2O2. The molecule has 0 N–H and O–H groups in total. The van der Waals surface area contributed by atoms with Gasteiger partial charge in [0.05, 0.1) is 13.5 Å². The molecule has 0 saturated carbocycles. The molecule has 2 aromatic rings. The maximum absolute atomic E-state index is 12.4. The molecule has 0 aliphatic carbocycles.